The summed E-state index contributed by atoms with van der Waals surface area (Å²) in [5.74, 6) is -0.485. The van der Waals surface area contributed by atoms with Gasteiger partial charge < -0.3 is 15.8 Å². The van der Waals surface area contributed by atoms with E-state index in [1.165, 1.54) is 4.52 Å². The van der Waals surface area contributed by atoms with Crippen LogP contribution in [0, 0.1) is 5.41 Å². The van der Waals surface area contributed by atoms with E-state index in [0.29, 0.717) is 22.1 Å². The van der Waals surface area contributed by atoms with Gasteiger partial charge >= 0.3 is 0 Å². The second-order valence-corrected chi connectivity index (χ2v) is 8.42. The molecule has 10 heteroatoms. The molecule has 1 spiro atoms. The normalized spacial score (nSPS) is 24.8. The van der Waals surface area contributed by atoms with Crippen LogP contribution < -0.4 is 15.8 Å². The Morgan fingerprint density at radius 1 is 1.23 bits per heavy atom. The van der Waals surface area contributed by atoms with Gasteiger partial charge in [0.2, 0.25) is 5.88 Å². The highest BCUT2D eigenvalue weighted by Gasteiger charge is 2.54. The molecule has 30 heavy (non-hydrogen) atoms. The predicted octanol–water partition coefficient (Wildman–Crippen LogP) is 2.00. The number of hydrogen-bond donors (Lipinski definition) is 2. The number of fused-ring (bicyclic) bond motifs is 1. The molecule has 0 radical (unpaired) electrons. The van der Waals surface area contributed by atoms with Gasteiger partial charge in [-0.05, 0) is 55.4 Å². The number of nitrogens with one attached hydrogen (secondary N) is 1. The van der Waals surface area contributed by atoms with Crippen LogP contribution in [0.25, 0.3) is 5.65 Å². The molecule has 0 unspecified atom stereocenters. The van der Waals surface area contributed by atoms with E-state index in [1.807, 2.05) is 0 Å². The minimum absolute atomic E-state index is 0.00362. The zero-order valence-electron chi connectivity index (χ0n) is 15.9. The number of hydrogen-bond acceptors (Lipinski definition) is 6. The molecule has 3 N–H and O–H groups in total. The van der Waals surface area contributed by atoms with Crippen molar-refractivity contribution in [3.8, 4) is 5.88 Å². The molecule has 0 bridgehead atoms. The molecule has 0 aliphatic heterocycles. The molecule has 154 valence electrons. The van der Waals surface area contributed by atoms with Gasteiger partial charge in [-0.3, -0.25) is 9.59 Å². The van der Waals surface area contributed by atoms with Crippen LogP contribution in [0.4, 0.5) is 0 Å². The van der Waals surface area contributed by atoms with E-state index < -0.39 is 5.91 Å². The van der Waals surface area contributed by atoms with Gasteiger partial charge in [-0.25, -0.2) is 14.5 Å². The molecule has 0 atom stereocenters. The summed E-state index contributed by atoms with van der Waals surface area (Å²) >= 11 is 5.87. The fourth-order valence-electron chi connectivity index (χ4n) is 4.47. The van der Waals surface area contributed by atoms with Crippen molar-refractivity contribution in [1.29, 1.82) is 0 Å². The molecular formula is C20H19ClN6O3. The molecule has 0 aromatic carbocycles. The number of pyridine rings is 1. The fourth-order valence-corrected chi connectivity index (χ4v) is 4.61. The van der Waals surface area contributed by atoms with Crippen LogP contribution in [0.15, 0.2) is 36.7 Å². The number of carbonyl (C=O) groups excluding carboxylic acids is 2. The summed E-state index contributed by atoms with van der Waals surface area (Å²) in [6.45, 7) is 0. The smallest absolute Gasteiger partial charge is 0.271 e. The number of primary amides is 1. The van der Waals surface area contributed by atoms with Crippen LogP contribution >= 0.6 is 11.6 Å². The largest absolute Gasteiger partial charge is 0.474 e. The lowest BCUT2D eigenvalue weighted by Crippen LogP contribution is -2.58. The van der Waals surface area contributed by atoms with Gasteiger partial charge in [0.05, 0.1) is 6.20 Å². The van der Waals surface area contributed by atoms with E-state index in [0.717, 1.165) is 25.7 Å². The first-order valence-electron chi connectivity index (χ1n) is 9.65. The highest BCUT2D eigenvalue weighted by atomic mass is 35.5. The third kappa shape index (κ3) is 3.35. The first kappa shape index (κ1) is 18.8. The Hall–Kier alpha value is -3.20. The monoisotopic (exact) mass is 426 g/mol. The van der Waals surface area contributed by atoms with E-state index in [-0.39, 0.29) is 29.3 Å². The van der Waals surface area contributed by atoms with E-state index in [1.54, 1.807) is 36.7 Å². The zero-order chi connectivity index (χ0) is 20.9. The summed E-state index contributed by atoms with van der Waals surface area (Å²) in [7, 11) is 0. The summed E-state index contributed by atoms with van der Waals surface area (Å²) in [4.78, 5) is 32.4. The summed E-state index contributed by atoms with van der Waals surface area (Å²) < 4.78 is 7.36. The summed E-state index contributed by atoms with van der Waals surface area (Å²) in [6, 6.07) is 6.72. The van der Waals surface area contributed by atoms with Gasteiger partial charge in [-0.15, -0.1) is 0 Å². The van der Waals surface area contributed by atoms with E-state index in [2.05, 4.69) is 20.4 Å². The molecule has 3 heterocycles. The van der Waals surface area contributed by atoms with Crippen molar-refractivity contribution < 1.29 is 14.3 Å². The maximum Gasteiger partial charge on any atom is 0.271 e. The lowest BCUT2D eigenvalue weighted by Gasteiger charge is -2.57. The summed E-state index contributed by atoms with van der Waals surface area (Å²) in [6.07, 6.45) is 6.66. The summed E-state index contributed by atoms with van der Waals surface area (Å²) in [5.41, 5.74) is 6.72. The Balaban J connectivity index is 1.14. The highest BCUT2D eigenvalue weighted by Crippen LogP contribution is 2.56. The van der Waals surface area contributed by atoms with Crippen molar-refractivity contribution in [2.75, 3.05) is 0 Å². The van der Waals surface area contributed by atoms with Crippen LogP contribution in [-0.2, 0) is 0 Å². The fraction of sp³-hybridized carbons (Fsp3) is 0.350. The molecule has 5 rings (SSSR count). The third-order valence-electron chi connectivity index (χ3n) is 5.85. The van der Waals surface area contributed by atoms with Crippen LogP contribution in [0.5, 0.6) is 5.88 Å². The molecule has 9 nitrogen and oxygen atoms in total. The van der Waals surface area contributed by atoms with Crippen molar-refractivity contribution in [3.63, 3.8) is 0 Å². The summed E-state index contributed by atoms with van der Waals surface area (Å²) in [5, 5.41) is 7.46. The Labute approximate surface area is 176 Å². The van der Waals surface area contributed by atoms with Gasteiger partial charge in [0.15, 0.2) is 5.65 Å². The van der Waals surface area contributed by atoms with Crippen LogP contribution in [0.1, 0.15) is 46.5 Å². The average Bonchev–Trinajstić information content (AvgIpc) is 3.08. The minimum atomic E-state index is -0.553. The molecule has 2 fully saturated rings. The predicted molar refractivity (Wildman–Crippen MR) is 107 cm³/mol. The van der Waals surface area contributed by atoms with E-state index in [4.69, 9.17) is 22.1 Å². The quantitative estimate of drug-likeness (QED) is 0.642. The molecular weight excluding hydrogens is 408 g/mol. The van der Waals surface area contributed by atoms with Crippen molar-refractivity contribution in [3.05, 3.63) is 53.1 Å². The number of carbonyl (C=O) groups is 2. The highest BCUT2D eigenvalue weighted by molar-refractivity contribution is 6.29. The third-order valence-corrected chi connectivity index (χ3v) is 6.05. The Morgan fingerprint density at radius 3 is 2.80 bits per heavy atom. The Kier molecular flexibility index (Phi) is 4.35. The van der Waals surface area contributed by atoms with E-state index in [9.17, 15) is 9.59 Å². The van der Waals surface area contributed by atoms with Crippen molar-refractivity contribution >= 4 is 29.1 Å². The lowest BCUT2D eigenvalue weighted by atomic mass is 9.53. The zero-order valence-corrected chi connectivity index (χ0v) is 16.7. The van der Waals surface area contributed by atoms with Gasteiger partial charge in [-0.1, -0.05) is 11.6 Å². The number of amides is 2. The maximum absolute atomic E-state index is 12.5. The van der Waals surface area contributed by atoms with E-state index >= 15 is 0 Å². The van der Waals surface area contributed by atoms with Gasteiger partial charge in [0.25, 0.3) is 11.8 Å². The molecule has 2 aliphatic carbocycles. The topological polar surface area (TPSA) is 124 Å². The number of halogens is 1. The standard InChI is InChI=1S/C20H19ClN6O3/c21-15-3-4-16-25-14(10-27(16)26-15)18(29)24-11-6-20(7-11)8-12(9-20)30-19-13(17(22)28)2-1-5-23-19/h1-5,10-12H,6-9H2,(H2,22,28)(H,24,29)/t11-,12-,20?. The number of aromatic nitrogens is 4. The van der Waals surface area contributed by atoms with Crippen molar-refractivity contribution in [2.24, 2.45) is 11.1 Å². The number of imidazole rings is 1. The first-order valence-corrected chi connectivity index (χ1v) is 10.0. The lowest BCUT2D eigenvalue weighted by molar-refractivity contribution is -0.0848. The minimum Gasteiger partial charge on any atom is -0.474 e. The molecule has 2 saturated carbocycles. The second kappa shape index (κ2) is 6.94. The van der Waals surface area contributed by atoms with Gasteiger partial charge in [0.1, 0.15) is 22.5 Å². The first-order chi connectivity index (χ1) is 14.4. The number of nitrogens with two attached hydrogens (primary N) is 1. The second-order valence-electron chi connectivity index (χ2n) is 8.03. The van der Waals surface area contributed by atoms with Gasteiger partial charge in [0, 0.05) is 12.2 Å². The molecule has 3 aromatic heterocycles. The molecule has 0 saturated heterocycles. The van der Waals surface area contributed by atoms with Crippen molar-refractivity contribution in [2.45, 2.75) is 37.8 Å². The number of nitrogens with zero attached hydrogens (tertiary/aromatic N) is 4. The average molecular weight is 427 g/mol. The number of rotatable bonds is 5. The van der Waals surface area contributed by atoms with Gasteiger partial charge in [-0.2, -0.15) is 5.10 Å². The van der Waals surface area contributed by atoms with Crippen LogP contribution in [0.2, 0.25) is 5.15 Å². The Morgan fingerprint density at radius 2 is 2.03 bits per heavy atom. The van der Waals surface area contributed by atoms with Crippen LogP contribution in [0.3, 0.4) is 0 Å². The number of ether oxygens (including phenoxy) is 1. The molecule has 2 amide bonds. The molecule has 3 aromatic rings. The molecule has 2 aliphatic rings. The Bertz CT molecular complexity index is 1150. The SMILES string of the molecule is NC(=O)c1cccnc1O[C@H]1CC2(C[C@H](NC(=O)c3cn4nc(Cl)ccc4n3)C2)C1. The van der Waals surface area contributed by atoms with Crippen molar-refractivity contribution in [1.82, 2.24) is 24.9 Å². The maximum atomic E-state index is 12.5. The van der Waals surface area contributed by atoms with Crippen LogP contribution in [-0.4, -0.2) is 43.5 Å².